The van der Waals surface area contributed by atoms with E-state index in [-0.39, 0.29) is 11.4 Å². The molecule has 0 spiro atoms. The number of rotatable bonds is 9. The molecule has 2 heterocycles. The molecule has 2 aromatic carbocycles. The number of aliphatic hydroxyl groups is 1. The van der Waals surface area contributed by atoms with Crippen molar-refractivity contribution in [3.63, 3.8) is 0 Å². The van der Waals surface area contributed by atoms with Gasteiger partial charge in [0, 0.05) is 12.1 Å². The summed E-state index contributed by atoms with van der Waals surface area (Å²) in [5, 5.41) is 11.7. The molecule has 0 radical (unpaired) electrons. The number of hydrogen-bond donors (Lipinski definition) is 1. The van der Waals surface area contributed by atoms with Gasteiger partial charge >= 0.3 is 0 Å². The van der Waals surface area contributed by atoms with Crippen molar-refractivity contribution >= 4 is 23.0 Å². The number of carbonyl (C=O) groups excluding carboxylic acids is 2. The summed E-state index contributed by atoms with van der Waals surface area (Å²) < 4.78 is 5.28. The number of aliphatic hydroxyl groups excluding tert-OH is 1. The number of aryl methyl sites for hydroxylation is 1. The SMILES string of the molecule is COc1ccc(C2C(C(=O)c3sc(-c4ccccc4)nc3C)=C(O)C(=O)N2CCCN(C)C)cc1. The zero-order valence-electron chi connectivity index (χ0n) is 20.3. The number of methoxy groups -OCH3 is 1. The van der Waals surface area contributed by atoms with Crippen LogP contribution in [0, 0.1) is 6.92 Å². The lowest BCUT2D eigenvalue weighted by Gasteiger charge is -2.27. The summed E-state index contributed by atoms with van der Waals surface area (Å²) in [5.41, 5.74) is 2.32. The number of Topliss-reactive ketones (excluding diaryl/α,β-unsaturated/α-hetero) is 1. The Morgan fingerprint density at radius 1 is 1.14 bits per heavy atom. The van der Waals surface area contributed by atoms with Crippen LogP contribution in [0.4, 0.5) is 0 Å². The van der Waals surface area contributed by atoms with E-state index in [0.29, 0.717) is 29.3 Å². The highest BCUT2D eigenvalue weighted by molar-refractivity contribution is 7.17. The topological polar surface area (TPSA) is 83.0 Å². The van der Waals surface area contributed by atoms with Gasteiger partial charge in [0.2, 0.25) is 5.78 Å². The van der Waals surface area contributed by atoms with Crippen LogP contribution in [0.2, 0.25) is 0 Å². The molecule has 1 atom stereocenters. The lowest BCUT2D eigenvalue weighted by atomic mass is 9.95. The Kier molecular flexibility index (Phi) is 7.33. The lowest BCUT2D eigenvalue weighted by Crippen LogP contribution is -2.33. The Morgan fingerprint density at radius 3 is 2.46 bits per heavy atom. The minimum atomic E-state index is -0.690. The van der Waals surface area contributed by atoms with Crippen molar-refractivity contribution in [2.24, 2.45) is 0 Å². The second-order valence-corrected chi connectivity index (χ2v) is 9.72. The molecule has 0 saturated carbocycles. The van der Waals surface area contributed by atoms with Gasteiger partial charge in [0.05, 0.1) is 29.3 Å². The van der Waals surface area contributed by atoms with Crippen molar-refractivity contribution < 1.29 is 19.4 Å². The van der Waals surface area contributed by atoms with Crippen LogP contribution >= 0.6 is 11.3 Å². The van der Waals surface area contributed by atoms with Gasteiger partial charge in [-0.15, -0.1) is 11.3 Å². The third kappa shape index (κ3) is 4.99. The molecule has 7 nitrogen and oxygen atoms in total. The summed E-state index contributed by atoms with van der Waals surface area (Å²) in [5.74, 6) is -0.721. The number of aromatic nitrogens is 1. The maximum atomic E-state index is 13.8. The number of ketones is 1. The average molecular weight is 492 g/mol. The third-order valence-electron chi connectivity index (χ3n) is 6.01. The molecule has 1 amide bonds. The minimum Gasteiger partial charge on any atom is -0.503 e. The van der Waals surface area contributed by atoms with E-state index in [4.69, 9.17) is 4.74 Å². The van der Waals surface area contributed by atoms with Crippen LogP contribution in [-0.2, 0) is 4.79 Å². The number of carbonyl (C=O) groups is 2. The minimum absolute atomic E-state index is 0.0939. The van der Waals surface area contributed by atoms with E-state index in [1.165, 1.54) is 11.3 Å². The van der Waals surface area contributed by atoms with Crippen molar-refractivity contribution in [3.8, 4) is 16.3 Å². The van der Waals surface area contributed by atoms with Crippen LogP contribution in [0.25, 0.3) is 10.6 Å². The maximum absolute atomic E-state index is 13.8. The van der Waals surface area contributed by atoms with Gasteiger partial charge in [0.15, 0.2) is 5.76 Å². The Morgan fingerprint density at radius 2 is 1.83 bits per heavy atom. The molecule has 1 unspecified atom stereocenters. The van der Waals surface area contributed by atoms with Gasteiger partial charge in [0.1, 0.15) is 10.8 Å². The molecule has 35 heavy (non-hydrogen) atoms. The molecule has 1 aliphatic rings. The first-order valence-corrected chi connectivity index (χ1v) is 12.2. The van der Waals surface area contributed by atoms with Crippen LogP contribution in [0.15, 0.2) is 65.9 Å². The van der Waals surface area contributed by atoms with Crippen LogP contribution in [0.1, 0.15) is 33.4 Å². The van der Waals surface area contributed by atoms with E-state index in [1.807, 2.05) is 61.5 Å². The highest BCUT2D eigenvalue weighted by atomic mass is 32.1. The summed E-state index contributed by atoms with van der Waals surface area (Å²) in [6.07, 6.45) is 0.706. The van der Waals surface area contributed by atoms with Crippen molar-refractivity contribution in [1.29, 1.82) is 0 Å². The molecular formula is C27H29N3O4S. The predicted octanol–water partition coefficient (Wildman–Crippen LogP) is 4.66. The fraction of sp³-hybridized carbons (Fsp3) is 0.296. The number of amides is 1. The van der Waals surface area contributed by atoms with E-state index >= 15 is 0 Å². The van der Waals surface area contributed by atoms with Gasteiger partial charge < -0.3 is 19.6 Å². The Labute approximate surface area is 209 Å². The predicted molar refractivity (Wildman–Crippen MR) is 137 cm³/mol. The fourth-order valence-corrected chi connectivity index (χ4v) is 5.27. The molecule has 3 aromatic rings. The first kappa shape index (κ1) is 24.6. The highest BCUT2D eigenvalue weighted by Gasteiger charge is 2.44. The van der Waals surface area contributed by atoms with Crippen LogP contribution < -0.4 is 4.74 Å². The van der Waals surface area contributed by atoms with E-state index in [1.54, 1.807) is 31.1 Å². The second kappa shape index (κ2) is 10.4. The molecule has 1 aliphatic heterocycles. The summed E-state index contributed by atoms with van der Waals surface area (Å²) in [6.45, 7) is 2.96. The van der Waals surface area contributed by atoms with Gasteiger partial charge in [-0.2, -0.15) is 0 Å². The monoisotopic (exact) mass is 491 g/mol. The van der Waals surface area contributed by atoms with Gasteiger partial charge in [-0.3, -0.25) is 9.59 Å². The van der Waals surface area contributed by atoms with Crippen molar-refractivity contribution in [3.05, 3.63) is 82.1 Å². The molecular weight excluding hydrogens is 462 g/mol. The number of hydrogen-bond acceptors (Lipinski definition) is 7. The number of thiazole rings is 1. The van der Waals surface area contributed by atoms with Crippen molar-refractivity contribution in [1.82, 2.24) is 14.8 Å². The molecule has 0 fully saturated rings. The molecule has 4 rings (SSSR count). The molecule has 182 valence electrons. The maximum Gasteiger partial charge on any atom is 0.290 e. The normalized spacial score (nSPS) is 15.9. The molecule has 1 N–H and O–H groups in total. The van der Waals surface area contributed by atoms with Gasteiger partial charge in [0.25, 0.3) is 5.91 Å². The summed E-state index contributed by atoms with van der Waals surface area (Å²) in [6, 6.07) is 16.2. The van der Waals surface area contributed by atoms with E-state index in [2.05, 4.69) is 4.98 Å². The van der Waals surface area contributed by atoms with E-state index < -0.39 is 17.7 Å². The van der Waals surface area contributed by atoms with Gasteiger partial charge in [-0.1, -0.05) is 42.5 Å². The standard InChI is InChI=1S/C27H29N3O4S/c1-17-25(35-26(28-17)19-9-6-5-7-10-19)23(31)21-22(18-11-13-20(34-4)14-12-18)30(27(33)24(21)32)16-8-15-29(2)3/h5-7,9-14,22,32H,8,15-16H2,1-4H3. The second-order valence-electron chi connectivity index (χ2n) is 8.72. The summed E-state index contributed by atoms with van der Waals surface area (Å²) >= 11 is 1.27. The first-order valence-electron chi connectivity index (χ1n) is 11.4. The number of ether oxygens (including phenoxy) is 1. The van der Waals surface area contributed by atoms with Crippen molar-refractivity contribution in [2.45, 2.75) is 19.4 Å². The number of nitrogens with zero attached hydrogens (tertiary/aromatic N) is 3. The third-order valence-corrected chi connectivity index (χ3v) is 7.21. The van der Waals surface area contributed by atoms with Crippen molar-refractivity contribution in [2.75, 3.05) is 34.3 Å². The Balaban J connectivity index is 1.73. The molecule has 0 aliphatic carbocycles. The van der Waals surface area contributed by atoms with Crippen LogP contribution in [-0.4, -0.2) is 65.9 Å². The quantitative estimate of drug-likeness (QED) is 0.439. The Hall–Kier alpha value is -3.49. The molecule has 0 saturated heterocycles. The largest absolute Gasteiger partial charge is 0.503 e. The zero-order chi connectivity index (χ0) is 25.1. The zero-order valence-corrected chi connectivity index (χ0v) is 21.1. The molecule has 0 bridgehead atoms. The van der Waals surface area contributed by atoms with Crippen LogP contribution in [0.3, 0.4) is 0 Å². The summed E-state index contributed by atoms with van der Waals surface area (Å²) in [7, 11) is 5.52. The first-order chi connectivity index (χ1) is 16.8. The van der Waals surface area contributed by atoms with E-state index in [0.717, 1.165) is 22.7 Å². The molecule has 1 aromatic heterocycles. The van der Waals surface area contributed by atoms with Gasteiger partial charge in [-0.05, 0) is 51.7 Å². The lowest BCUT2D eigenvalue weighted by molar-refractivity contribution is -0.129. The van der Waals surface area contributed by atoms with Crippen LogP contribution in [0.5, 0.6) is 5.75 Å². The summed E-state index contributed by atoms with van der Waals surface area (Å²) in [4.78, 5) is 35.6. The smallest absolute Gasteiger partial charge is 0.290 e. The van der Waals surface area contributed by atoms with Gasteiger partial charge in [-0.25, -0.2) is 4.98 Å². The van der Waals surface area contributed by atoms with E-state index in [9.17, 15) is 14.7 Å². The molecule has 8 heteroatoms. The highest BCUT2D eigenvalue weighted by Crippen LogP contribution is 2.41. The average Bonchev–Trinajstić information content (AvgIpc) is 3.37. The fourth-order valence-electron chi connectivity index (χ4n) is 4.24. The number of benzene rings is 2. The Bertz CT molecular complexity index is 1250.